The quantitative estimate of drug-likeness (QED) is 0.776. The van der Waals surface area contributed by atoms with Crippen molar-refractivity contribution in [2.45, 2.75) is 19.5 Å². The minimum Gasteiger partial charge on any atom is -0.477 e. The monoisotopic (exact) mass is 204 g/mol. The maximum absolute atomic E-state index is 12.6. The summed E-state index contributed by atoms with van der Waals surface area (Å²) >= 11 is 0. The number of aromatic nitrogens is 2. The SMILES string of the molecule is Cc1c(CC(F)CF)n[nH]c1C(=O)O. The van der Waals surface area contributed by atoms with Gasteiger partial charge in [-0.2, -0.15) is 5.10 Å². The Kier molecular flexibility index (Phi) is 3.16. The molecule has 4 nitrogen and oxygen atoms in total. The molecule has 0 radical (unpaired) electrons. The Labute approximate surface area is 78.9 Å². The van der Waals surface area contributed by atoms with E-state index in [9.17, 15) is 13.6 Å². The van der Waals surface area contributed by atoms with Crippen LogP contribution in [0.15, 0.2) is 0 Å². The molecule has 14 heavy (non-hydrogen) atoms. The van der Waals surface area contributed by atoms with Crippen LogP contribution in [0.25, 0.3) is 0 Å². The van der Waals surface area contributed by atoms with E-state index in [-0.39, 0.29) is 17.8 Å². The molecular weight excluding hydrogens is 194 g/mol. The summed E-state index contributed by atoms with van der Waals surface area (Å²) < 4.78 is 24.5. The van der Waals surface area contributed by atoms with Gasteiger partial charge in [0.1, 0.15) is 18.5 Å². The molecule has 1 heterocycles. The summed E-state index contributed by atoms with van der Waals surface area (Å²) in [5, 5.41) is 14.5. The number of hydrogen-bond donors (Lipinski definition) is 2. The van der Waals surface area contributed by atoms with Gasteiger partial charge in [-0.1, -0.05) is 0 Å². The molecule has 0 aliphatic heterocycles. The standard InChI is InChI=1S/C8H10F2N2O2/c1-4-6(2-5(10)3-9)11-12-7(4)8(13)14/h5H,2-3H2,1H3,(H,11,12)(H,13,14). The van der Waals surface area contributed by atoms with Crippen LogP contribution in [-0.2, 0) is 6.42 Å². The molecule has 0 amide bonds. The van der Waals surface area contributed by atoms with E-state index in [1.807, 2.05) is 0 Å². The predicted molar refractivity (Wildman–Crippen MR) is 44.9 cm³/mol. The summed E-state index contributed by atoms with van der Waals surface area (Å²) in [4.78, 5) is 10.6. The molecule has 0 aromatic carbocycles. The lowest BCUT2D eigenvalue weighted by Crippen LogP contribution is -2.08. The predicted octanol–water partition coefficient (Wildman–Crippen LogP) is 1.27. The van der Waals surface area contributed by atoms with Gasteiger partial charge in [0.25, 0.3) is 0 Å². The van der Waals surface area contributed by atoms with Crippen LogP contribution in [-0.4, -0.2) is 34.1 Å². The van der Waals surface area contributed by atoms with Gasteiger partial charge in [0, 0.05) is 12.0 Å². The van der Waals surface area contributed by atoms with Gasteiger partial charge in [0.2, 0.25) is 0 Å². The van der Waals surface area contributed by atoms with E-state index in [0.717, 1.165) is 0 Å². The van der Waals surface area contributed by atoms with Gasteiger partial charge in [-0.3, -0.25) is 5.10 Å². The molecule has 1 aromatic heterocycles. The lowest BCUT2D eigenvalue weighted by atomic mass is 10.1. The molecule has 1 atom stereocenters. The summed E-state index contributed by atoms with van der Waals surface area (Å²) in [7, 11) is 0. The number of rotatable bonds is 4. The molecule has 6 heteroatoms. The summed E-state index contributed by atoms with van der Waals surface area (Å²) in [6.45, 7) is 0.419. The van der Waals surface area contributed by atoms with Crippen molar-refractivity contribution in [1.29, 1.82) is 0 Å². The highest BCUT2D eigenvalue weighted by atomic mass is 19.2. The number of carboxylic acid groups (broad SMARTS) is 1. The Bertz CT molecular complexity index is 338. The second kappa shape index (κ2) is 4.17. The van der Waals surface area contributed by atoms with Gasteiger partial charge in [-0.15, -0.1) is 0 Å². The molecule has 78 valence electrons. The second-order valence-electron chi connectivity index (χ2n) is 2.93. The number of aromatic amines is 1. The molecule has 0 spiro atoms. The first-order valence-electron chi connectivity index (χ1n) is 4.03. The number of halogens is 2. The smallest absolute Gasteiger partial charge is 0.354 e. The van der Waals surface area contributed by atoms with E-state index in [4.69, 9.17) is 5.11 Å². The molecule has 2 N–H and O–H groups in total. The maximum atomic E-state index is 12.6. The van der Waals surface area contributed by atoms with Crippen molar-refractivity contribution in [2.75, 3.05) is 6.67 Å². The molecular formula is C8H10F2N2O2. The van der Waals surface area contributed by atoms with E-state index in [1.165, 1.54) is 6.92 Å². The molecule has 0 bridgehead atoms. The lowest BCUT2D eigenvalue weighted by Gasteiger charge is -2.00. The molecule has 1 unspecified atom stereocenters. The highest BCUT2D eigenvalue weighted by Crippen LogP contribution is 2.13. The molecule has 0 aliphatic carbocycles. The van der Waals surface area contributed by atoms with Gasteiger partial charge >= 0.3 is 5.97 Å². The largest absolute Gasteiger partial charge is 0.477 e. The van der Waals surface area contributed by atoms with E-state index in [0.29, 0.717) is 5.56 Å². The minimum absolute atomic E-state index is 0.0777. The number of aromatic carboxylic acids is 1. The first-order chi connectivity index (χ1) is 6.56. The summed E-state index contributed by atoms with van der Waals surface area (Å²) in [6, 6.07) is 0. The van der Waals surface area contributed by atoms with E-state index >= 15 is 0 Å². The van der Waals surface area contributed by atoms with Gasteiger partial charge < -0.3 is 5.11 Å². The zero-order chi connectivity index (χ0) is 10.7. The van der Waals surface area contributed by atoms with Crippen molar-refractivity contribution in [3.63, 3.8) is 0 Å². The number of nitrogens with one attached hydrogen (secondary N) is 1. The molecule has 1 rings (SSSR count). The third-order valence-electron chi connectivity index (χ3n) is 1.91. The molecule has 0 saturated carbocycles. The van der Waals surface area contributed by atoms with Crippen molar-refractivity contribution in [3.05, 3.63) is 17.0 Å². The molecule has 0 saturated heterocycles. The Balaban J connectivity index is 2.84. The summed E-state index contributed by atoms with van der Waals surface area (Å²) in [5.41, 5.74) is 0.534. The number of hydrogen-bond acceptors (Lipinski definition) is 2. The van der Waals surface area contributed by atoms with Crippen LogP contribution in [0.3, 0.4) is 0 Å². The van der Waals surface area contributed by atoms with Crippen molar-refractivity contribution in [3.8, 4) is 0 Å². The van der Waals surface area contributed by atoms with Gasteiger partial charge in [0.15, 0.2) is 0 Å². The second-order valence-corrected chi connectivity index (χ2v) is 2.93. The fraction of sp³-hybridized carbons (Fsp3) is 0.500. The highest BCUT2D eigenvalue weighted by Gasteiger charge is 2.17. The third-order valence-corrected chi connectivity index (χ3v) is 1.91. The maximum Gasteiger partial charge on any atom is 0.354 e. The van der Waals surface area contributed by atoms with Crippen molar-refractivity contribution < 1.29 is 18.7 Å². The number of carboxylic acids is 1. The first-order valence-corrected chi connectivity index (χ1v) is 4.03. The average Bonchev–Trinajstić information content (AvgIpc) is 2.48. The Morgan fingerprint density at radius 2 is 2.36 bits per heavy atom. The molecule has 0 aliphatic rings. The van der Waals surface area contributed by atoms with Crippen LogP contribution in [0, 0.1) is 6.92 Å². The Morgan fingerprint density at radius 3 is 2.79 bits per heavy atom. The average molecular weight is 204 g/mol. The Morgan fingerprint density at radius 1 is 1.71 bits per heavy atom. The van der Waals surface area contributed by atoms with Gasteiger partial charge in [-0.25, -0.2) is 13.6 Å². The Hall–Kier alpha value is -1.46. The van der Waals surface area contributed by atoms with Crippen molar-refractivity contribution in [1.82, 2.24) is 10.2 Å². The number of nitrogens with zero attached hydrogens (tertiary/aromatic N) is 1. The fourth-order valence-electron chi connectivity index (χ4n) is 1.11. The van der Waals surface area contributed by atoms with Crippen LogP contribution in [0.2, 0.25) is 0 Å². The van der Waals surface area contributed by atoms with Crippen LogP contribution < -0.4 is 0 Å². The van der Waals surface area contributed by atoms with Gasteiger partial charge in [-0.05, 0) is 6.92 Å². The zero-order valence-corrected chi connectivity index (χ0v) is 7.55. The highest BCUT2D eigenvalue weighted by molar-refractivity contribution is 5.87. The molecule has 0 fully saturated rings. The topological polar surface area (TPSA) is 66.0 Å². The van der Waals surface area contributed by atoms with Gasteiger partial charge in [0.05, 0.1) is 5.69 Å². The summed E-state index contributed by atoms with van der Waals surface area (Å²) in [6.07, 6.45) is -1.83. The van der Waals surface area contributed by atoms with Crippen molar-refractivity contribution in [2.24, 2.45) is 0 Å². The van der Waals surface area contributed by atoms with E-state index < -0.39 is 18.8 Å². The van der Waals surface area contributed by atoms with Crippen LogP contribution in [0.1, 0.15) is 21.7 Å². The van der Waals surface area contributed by atoms with Crippen LogP contribution in [0.4, 0.5) is 8.78 Å². The zero-order valence-electron chi connectivity index (χ0n) is 7.55. The van der Waals surface area contributed by atoms with Crippen LogP contribution in [0.5, 0.6) is 0 Å². The fourth-order valence-corrected chi connectivity index (χ4v) is 1.11. The minimum atomic E-state index is -1.63. The number of H-pyrrole nitrogens is 1. The summed E-state index contributed by atoms with van der Waals surface area (Å²) in [5.74, 6) is -1.16. The van der Waals surface area contributed by atoms with E-state index in [1.54, 1.807) is 0 Å². The van der Waals surface area contributed by atoms with Crippen LogP contribution >= 0.6 is 0 Å². The normalized spacial score (nSPS) is 12.8. The lowest BCUT2D eigenvalue weighted by molar-refractivity contribution is 0.0689. The molecule has 1 aromatic rings. The first kappa shape index (κ1) is 10.6. The number of alkyl halides is 2. The van der Waals surface area contributed by atoms with E-state index in [2.05, 4.69) is 10.2 Å². The third kappa shape index (κ3) is 2.07. The van der Waals surface area contributed by atoms with Crippen molar-refractivity contribution >= 4 is 5.97 Å². The number of carbonyl (C=O) groups is 1.